The molecule has 0 heterocycles. The van der Waals surface area contributed by atoms with Gasteiger partial charge in [-0.1, -0.05) is 6.42 Å². The minimum Gasteiger partial charge on any atom is -0.463 e. The van der Waals surface area contributed by atoms with E-state index in [0.29, 0.717) is 25.1 Å². The van der Waals surface area contributed by atoms with Crippen molar-refractivity contribution < 1.29 is 19.6 Å². The van der Waals surface area contributed by atoms with Gasteiger partial charge < -0.3 is 20.5 Å². The normalized spacial score (nSPS) is 31.5. The third-order valence-electron chi connectivity index (χ3n) is 2.71. The predicted molar refractivity (Wildman–Crippen MR) is 51.3 cm³/mol. The van der Waals surface area contributed by atoms with Crippen molar-refractivity contribution >= 4 is 13.6 Å². The van der Waals surface area contributed by atoms with Crippen LogP contribution in [0.4, 0.5) is 0 Å². The third kappa shape index (κ3) is 3.28. The summed E-state index contributed by atoms with van der Waals surface area (Å²) in [6.07, 6.45) is 2.38. The maximum absolute atomic E-state index is 10.1. The highest BCUT2D eigenvalue weighted by Gasteiger charge is 2.33. The summed E-state index contributed by atoms with van der Waals surface area (Å²) in [5, 5.41) is 17.4. The van der Waals surface area contributed by atoms with Crippen LogP contribution < -0.4 is 5.73 Å². The lowest BCUT2D eigenvalue weighted by atomic mass is 9.80. The number of hydrogen-bond donors (Lipinski definition) is 3. The molecular weight excluding hydrogens is 185 g/mol. The average molecular weight is 201 g/mol. The topological polar surface area (TPSA) is 92.8 Å². The first-order chi connectivity index (χ1) is 6.63. The van der Waals surface area contributed by atoms with E-state index in [2.05, 4.69) is 0 Å². The molecule has 80 valence electrons. The fourth-order valence-corrected chi connectivity index (χ4v) is 1.98. The predicted octanol–water partition coefficient (Wildman–Crippen LogP) is -0.872. The van der Waals surface area contributed by atoms with Crippen LogP contribution in [0, 0.1) is 5.92 Å². The van der Waals surface area contributed by atoms with E-state index < -0.39 is 7.12 Å². The summed E-state index contributed by atoms with van der Waals surface area (Å²) in [5.41, 5.74) is 5.75. The Hall–Kier alpha value is -0.585. The molecular formula is C8H16BNO4. The smallest absolute Gasteiger partial charge is 0.451 e. The van der Waals surface area contributed by atoms with Crippen molar-refractivity contribution in [1.29, 1.82) is 0 Å². The van der Waals surface area contributed by atoms with E-state index in [1.807, 2.05) is 0 Å². The Morgan fingerprint density at radius 1 is 1.50 bits per heavy atom. The minimum atomic E-state index is -1.25. The maximum Gasteiger partial charge on any atom is 0.451 e. The number of carbonyl (C=O) groups is 1. The van der Waals surface area contributed by atoms with E-state index >= 15 is 0 Å². The molecule has 5 nitrogen and oxygen atoms in total. The lowest BCUT2D eigenvalue weighted by molar-refractivity contribution is -0.133. The lowest BCUT2D eigenvalue weighted by Gasteiger charge is -2.11. The van der Waals surface area contributed by atoms with Crippen LogP contribution in [0.3, 0.4) is 0 Å². The average Bonchev–Trinajstić information content (AvgIpc) is 2.45. The van der Waals surface area contributed by atoms with E-state index in [9.17, 15) is 4.79 Å². The monoisotopic (exact) mass is 201 g/mol. The highest BCUT2D eigenvalue weighted by atomic mass is 16.5. The van der Waals surface area contributed by atoms with Crippen LogP contribution >= 0.6 is 0 Å². The molecule has 0 aromatic heterocycles. The molecule has 0 aliphatic heterocycles. The Balaban J connectivity index is 2.27. The van der Waals surface area contributed by atoms with Gasteiger partial charge in [0, 0.05) is 6.04 Å². The van der Waals surface area contributed by atoms with E-state index in [4.69, 9.17) is 20.5 Å². The maximum atomic E-state index is 10.1. The Labute approximate surface area is 83.4 Å². The quantitative estimate of drug-likeness (QED) is 0.397. The van der Waals surface area contributed by atoms with Crippen molar-refractivity contribution in [2.45, 2.75) is 37.7 Å². The van der Waals surface area contributed by atoms with Gasteiger partial charge >= 0.3 is 7.12 Å². The second-order valence-corrected chi connectivity index (χ2v) is 3.83. The molecule has 1 aliphatic carbocycles. The zero-order valence-corrected chi connectivity index (χ0v) is 8.00. The summed E-state index contributed by atoms with van der Waals surface area (Å²) in [4.78, 5) is 10.1. The van der Waals surface area contributed by atoms with Gasteiger partial charge in [0.25, 0.3) is 6.47 Å². The van der Waals surface area contributed by atoms with Crippen molar-refractivity contribution in [1.82, 2.24) is 0 Å². The van der Waals surface area contributed by atoms with Crippen LogP contribution in [0.1, 0.15) is 19.3 Å². The molecule has 0 spiro atoms. The summed E-state index contributed by atoms with van der Waals surface area (Å²) in [6, 6.07) is -0.110. The minimum absolute atomic E-state index is 0.110. The number of carbonyl (C=O) groups excluding carboxylic acids is 1. The first-order valence-electron chi connectivity index (χ1n) is 4.84. The molecule has 0 bridgehead atoms. The fraction of sp³-hybridized carbons (Fsp3) is 0.875. The van der Waals surface area contributed by atoms with Crippen molar-refractivity contribution in [3.05, 3.63) is 0 Å². The zero-order valence-electron chi connectivity index (χ0n) is 8.00. The molecule has 0 radical (unpaired) electrons. The van der Waals surface area contributed by atoms with E-state index in [0.717, 1.165) is 12.8 Å². The van der Waals surface area contributed by atoms with Gasteiger partial charge in [-0.25, -0.2) is 0 Å². The van der Waals surface area contributed by atoms with Gasteiger partial charge in [-0.2, -0.15) is 0 Å². The first kappa shape index (κ1) is 11.5. The molecule has 3 unspecified atom stereocenters. The van der Waals surface area contributed by atoms with Crippen molar-refractivity contribution in [2.75, 3.05) is 0 Å². The van der Waals surface area contributed by atoms with Crippen LogP contribution in [0.15, 0.2) is 0 Å². The molecule has 1 saturated carbocycles. The largest absolute Gasteiger partial charge is 0.463 e. The molecule has 0 aromatic rings. The second-order valence-electron chi connectivity index (χ2n) is 3.83. The van der Waals surface area contributed by atoms with E-state index in [1.54, 1.807) is 0 Å². The third-order valence-corrected chi connectivity index (χ3v) is 2.71. The summed E-state index contributed by atoms with van der Waals surface area (Å²) in [6.45, 7) is 0.424. The molecule has 3 atom stereocenters. The Morgan fingerprint density at radius 3 is 2.79 bits per heavy atom. The molecule has 14 heavy (non-hydrogen) atoms. The van der Waals surface area contributed by atoms with Gasteiger partial charge in [0.2, 0.25) is 0 Å². The molecule has 6 heteroatoms. The molecule has 0 saturated heterocycles. The Bertz CT molecular complexity index is 190. The first-order valence-corrected chi connectivity index (χ1v) is 4.84. The van der Waals surface area contributed by atoms with Crippen LogP contribution in [0.5, 0.6) is 0 Å². The van der Waals surface area contributed by atoms with Crippen LogP contribution in [-0.4, -0.2) is 35.8 Å². The molecule has 0 amide bonds. The fourth-order valence-electron chi connectivity index (χ4n) is 1.98. The van der Waals surface area contributed by atoms with Crippen molar-refractivity contribution in [3.63, 3.8) is 0 Å². The SMILES string of the molecule is NC1CC(CCB(O)O)CC1OC=O. The van der Waals surface area contributed by atoms with Gasteiger partial charge in [0.05, 0.1) is 0 Å². The molecule has 1 fully saturated rings. The Morgan fingerprint density at radius 2 is 2.21 bits per heavy atom. The van der Waals surface area contributed by atoms with E-state index in [1.165, 1.54) is 0 Å². The van der Waals surface area contributed by atoms with Crippen molar-refractivity contribution in [3.8, 4) is 0 Å². The summed E-state index contributed by atoms with van der Waals surface area (Å²) >= 11 is 0. The standard InChI is InChI=1S/C8H16BNO4/c10-7-3-6(1-2-9(12)13)4-8(7)14-5-11/h5-8,12-13H,1-4,10H2. The summed E-state index contributed by atoms with van der Waals surface area (Å²) < 4.78 is 4.82. The van der Waals surface area contributed by atoms with Gasteiger partial charge in [0.1, 0.15) is 6.10 Å². The van der Waals surface area contributed by atoms with Gasteiger partial charge in [0.15, 0.2) is 0 Å². The Kier molecular flexibility index (Phi) is 4.38. The molecule has 4 N–H and O–H groups in total. The number of hydrogen-bond acceptors (Lipinski definition) is 5. The van der Waals surface area contributed by atoms with Crippen LogP contribution in [-0.2, 0) is 9.53 Å². The number of rotatable bonds is 5. The highest BCUT2D eigenvalue weighted by molar-refractivity contribution is 6.40. The van der Waals surface area contributed by atoms with Gasteiger partial charge in [-0.3, -0.25) is 4.79 Å². The lowest BCUT2D eigenvalue weighted by Crippen LogP contribution is -2.30. The number of ether oxygens (including phenoxy) is 1. The highest BCUT2D eigenvalue weighted by Crippen LogP contribution is 2.30. The summed E-state index contributed by atoms with van der Waals surface area (Å²) in [5.74, 6) is 0.330. The second kappa shape index (κ2) is 5.33. The van der Waals surface area contributed by atoms with E-state index in [-0.39, 0.29) is 12.1 Å². The van der Waals surface area contributed by atoms with Crippen molar-refractivity contribution in [2.24, 2.45) is 11.7 Å². The van der Waals surface area contributed by atoms with Crippen LogP contribution in [0.2, 0.25) is 6.32 Å². The molecule has 1 rings (SSSR count). The molecule has 1 aliphatic rings. The molecule has 0 aromatic carbocycles. The number of nitrogens with two attached hydrogens (primary N) is 1. The zero-order chi connectivity index (χ0) is 10.6. The van der Waals surface area contributed by atoms with Gasteiger partial charge in [-0.15, -0.1) is 0 Å². The van der Waals surface area contributed by atoms with Crippen LogP contribution in [0.25, 0.3) is 0 Å². The van der Waals surface area contributed by atoms with Gasteiger partial charge in [-0.05, 0) is 25.1 Å². The summed E-state index contributed by atoms with van der Waals surface area (Å²) in [7, 11) is -1.25.